The lowest BCUT2D eigenvalue weighted by Crippen LogP contribution is -2.23. The Morgan fingerprint density at radius 3 is 1.75 bits per heavy atom. The summed E-state index contributed by atoms with van der Waals surface area (Å²) in [6.45, 7) is 0. The molecule has 4 heteroatoms. The Labute approximate surface area is 130 Å². The smallest absolute Gasteiger partial charge is 0.180 e. The molecule has 0 atom stereocenters. The zero-order chi connectivity index (χ0) is 14.0. The third-order valence-electron chi connectivity index (χ3n) is 3.10. The molecule has 3 aromatic rings. The second-order valence-corrected chi connectivity index (χ2v) is 9.25. The van der Waals surface area contributed by atoms with E-state index in [9.17, 15) is 4.57 Å². The zero-order valence-corrected chi connectivity index (χ0v) is 13.9. The van der Waals surface area contributed by atoms with Gasteiger partial charge in [0.1, 0.15) is 0 Å². The van der Waals surface area contributed by atoms with Crippen LogP contribution in [-0.2, 0) is 4.57 Å². The van der Waals surface area contributed by atoms with Gasteiger partial charge in [0.2, 0.25) is 0 Å². The van der Waals surface area contributed by atoms with Gasteiger partial charge in [-0.3, -0.25) is 0 Å². The van der Waals surface area contributed by atoms with Crippen molar-refractivity contribution in [1.82, 2.24) is 0 Å². The van der Waals surface area contributed by atoms with Crippen molar-refractivity contribution in [2.24, 2.45) is 0 Å². The van der Waals surface area contributed by atoms with Crippen LogP contribution in [0, 0.1) is 0 Å². The average Bonchev–Trinajstić information content (AvgIpc) is 2.95. The van der Waals surface area contributed by atoms with Gasteiger partial charge in [-0.05, 0) is 22.0 Å². The first-order valence-corrected chi connectivity index (χ1v) is 9.55. The van der Waals surface area contributed by atoms with Gasteiger partial charge < -0.3 is 4.57 Å². The molecule has 1 nitrogen and oxygen atoms in total. The molecule has 0 N–H and O–H groups in total. The van der Waals surface area contributed by atoms with Crippen LogP contribution in [0.4, 0.5) is 0 Å². The van der Waals surface area contributed by atoms with Crippen LogP contribution in [0.2, 0.25) is 0 Å². The molecule has 2 aromatic carbocycles. The Kier molecular flexibility index (Phi) is 3.93. The van der Waals surface area contributed by atoms with Crippen molar-refractivity contribution in [2.45, 2.75) is 0 Å². The highest BCUT2D eigenvalue weighted by atomic mass is 79.9. The number of halogens is 1. The van der Waals surface area contributed by atoms with Crippen molar-refractivity contribution in [3.05, 3.63) is 76.6 Å². The van der Waals surface area contributed by atoms with E-state index in [0.29, 0.717) is 0 Å². The first kappa shape index (κ1) is 13.8. The van der Waals surface area contributed by atoms with E-state index >= 15 is 0 Å². The molecule has 20 heavy (non-hydrogen) atoms. The SMILES string of the molecule is O=P(c1ccccc1)(c1ccccc1)c1cc(Br)cs1. The third-order valence-corrected chi connectivity index (χ3v) is 8.48. The van der Waals surface area contributed by atoms with Crippen molar-refractivity contribution in [3.8, 4) is 0 Å². The minimum Gasteiger partial charge on any atom is -0.308 e. The molecule has 0 spiro atoms. The van der Waals surface area contributed by atoms with Crippen LogP contribution in [0.15, 0.2) is 76.6 Å². The summed E-state index contributed by atoms with van der Waals surface area (Å²) in [5.74, 6) is 0. The maximum atomic E-state index is 13.8. The normalized spacial score (nSPS) is 11.4. The first-order valence-electron chi connectivity index (χ1n) is 6.17. The molecule has 1 heterocycles. The van der Waals surface area contributed by atoms with Gasteiger partial charge in [-0.1, -0.05) is 60.7 Å². The Bertz CT molecular complexity index is 709. The summed E-state index contributed by atoms with van der Waals surface area (Å²) in [5.41, 5.74) is 0. The van der Waals surface area contributed by atoms with E-state index in [-0.39, 0.29) is 0 Å². The second kappa shape index (κ2) is 5.69. The molecule has 0 unspecified atom stereocenters. The molecule has 0 aliphatic carbocycles. The predicted octanol–water partition coefficient (Wildman–Crippen LogP) is 4.15. The van der Waals surface area contributed by atoms with Crippen LogP contribution in [0.1, 0.15) is 0 Å². The van der Waals surface area contributed by atoms with Crippen molar-refractivity contribution in [3.63, 3.8) is 0 Å². The molecule has 0 radical (unpaired) electrons. The highest BCUT2D eigenvalue weighted by Crippen LogP contribution is 2.44. The molecule has 0 amide bonds. The number of thiophene rings is 1. The number of hydrogen-bond donors (Lipinski definition) is 0. The van der Waals surface area contributed by atoms with Gasteiger partial charge in [0.05, 0.1) is 4.62 Å². The minimum absolute atomic E-state index is 0.876. The van der Waals surface area contributed by atoms with Gasteiger partial charge in [-0.15, -0.1) is 11.3 Å². The lowest BCUT2D eigenvalue weighted by atomic mass is 10.4. The lowest BCUT2D eigenvalue weighted by Gasteiger charge is -2.17. The van der Waals surface area contributed by atoms with Crippen LogP contribution in [0.5, 0.6) is 0 Å². The zero-order valence-electron chi connectivity index (χ0n) is 10.6. The van der Waals surface area contributed by atoms with Crippen LogP contribution in [0.3, 0.4) is 0 Å². The van der Waals surface area contributed by atoms with Crippen LogP contribution < -0.4 is 15.2 Å². The Morgan fingerprint density at radius 1 is 0.850 bits per heavy atom. The highest BCUT2D eigenvalue weighted by Gasteiger charge is 2.30. The third kappa shape index (κ3) is 2.42. The summed E-state index contributed by atoms with van der Waals surface area (Å²) in [4.78, 5) is 0. The van der Waals surface area contributed by atoms with Gasteiger partial charge in [-0.2, -0.15) is 0 Å². The predicted molar refractivity (Wildman–Crippen MR) is 91.4 cm³/mol. The van der Waals surface area contributed by atoms with Gasteiger partial charge in [0, 0.05) is 20.5 Å². The number of hydrogen-bond acceptors (Lipinski definition) is 2. The number of rotatable bonds is 3. The fraction of sp³-hybridized carbons (Fsp3) is 0. The van der Waals surface area contributed by atoms with E-state index in [2.05, 4.69) is 15.9 Å². The molecule has 0 fully saturated rings. The summed E-state index contributed by atoms with van der Waals surface area (Å²) >= 11 is 5.00. The largest absolute Gasteiger partial charge is 0.308 e. The first-order chi connectivity index (χ1) is 9.71. The molecule has 1 aromatic heterocycles. The highest BCUT2D eigenvalue weighted by molar-refractivity contribution is 9.10. The molecular formula is C16H12BrOPS. The fourth-order valence-electron chi connectivity index (χ4n) is 2.15. The van der Waals surface area contributed by atoms with E-state index in [1.165, 1.54) is 11.3 Å². The van der Waals surface area contributed by atoms with E-state index in [0.717, 1.165) is 19.7 Å². The summed E-state index contributed by atoms with van der Waals surface area (Å²) in [7, 11) is -2.77. The quantitative estimate of drug-likeness (QED) is 0.639. The summed E-state index contributed by atoms with van der Waals surface area (Å²) in [6.07, 6.45) is 0. The second-order valence-electron chi connectivity index (χ2n) is 4.38. The molecule has 0 aliphatic heterocycles. The Hall–Kier alpha value is -1.15. The lowest BCUT2D eigenvalue weighted by molar-refractivity contribution is 0.593. The maximum Gasteiger partial charge on any atom is 0.180 e. The van der Waals surface area contributed by atoms with Gasteiger partial charge >= 0.3 is 0 Å². The van der Waals surface area contributed by atoms with Crippen molar-refractivity contribution in [1.29, 1.82) is 0 Å². The van der Waals surface area contributed by atoms with Gasteiger partial charge in [0.25, 0.3) is 0 Å². The van der Waals surface area contributed by atoms with E-state index in [1.807, 2.05) is 72.1 Å². The summed E-state index contributed by atoms with van der Waals surface area (Å²) in [5, 5.41) is 3.73. The number of benzene rings is 2. The van der Waals surface area contributed by atoms with E-state index < -0.39 is 7.14 Å². The molecular weight excluding hydrogens is 351 g/mol. The minimum atomic E-state index is -2.77. The van der Waals surface area contributed by atoms with Gasteiger partial charge in [0.15, 0.2) is 7.14 Å². The average molecular weight is 363 g/mol. The molecule has 3 rings (SSSR count). The van der Waals surface area contributed by atoms with Crippen LogP contribution in [-0.4, -0.2) is 0 Å². The summed E-state index contributed by atoms with van der Waals surface area (Å²) in [6, 6.07) is 21.4. The van der Waals surface area contributed by atoms with Crippen molar-refractivity contribution >= 4 is 49.6 Å². The van der Waals surface area contributed by atoms with E-state index in [1.54, 1.807) is 0 Å². The maximum absolute atomic E-state index is 13.8. The van der Waals surface area contributed by atoms with Crippen LogP contribution in [0.25, 0.3) is 0 Å². The Morgan fingerprint density at radius 2 is 1.35 bits per heavy atom. The van der Waals surface area contributed by atoms with Crippen molar-refractivity contribution in [2.75, 3.05) is 0 Å². The molecule has 0 aliphatic rings. The summed E-state index contributed by atoms with van der Waals surface area (Å²) < 4.78 is 15.7. The van der Waals surface area contributed by atoms with E-state index in [4.69, 9.17) is 0 Å². The standard InChI is InChI=1S/C16H12BrOPS/c17-13-11-16(20-12-13)19(18,14-7-3-1-4-8-14)15-9-5-2-6-10-15/h1-12H. The fourth-order valence-corrected chi connectivity index (χ4v) is 7.18. The van der Waals surface area contributed by atoms with Crippen molar-refractivity contribution < 1.29 is 4.57 Å². The topological polar surface area (TPSA) is 17.1 Å². The molecule has 100 valence electrons. The molecule has 0 saturated carbocycles. The monoisotopic (exact) mass is 362 g/mol. The Balaban J connectivity index is 2.26. The molecule has 0 bridgehead atoms. The van der Waals surface area contributed by atoms with Gasteiger partial charge in [-0.25, -0.2) is 0 Å². The molecule has 0 saturated heterocycles. The van der Waals surface area contributed by atoms with Crippen LogP contribution >= 0.6 is 34.4 Å².